The zero-order valence-electron chi connectivity index (χ0n) is 19.4. The zero-order chi connectivity index (χ0) is 26.0. The highest BCUT2D eigenvalue weighted by molar-refractivity contribution is 6.40. The number of nitrogens with one attached hydrogen (secondary N) is 2. The molecule has 9 nitrogen and oxygen atoms in total. The fraction of sp³-hybridized carbons (Fsp3) is 0.320. The van der Waals surface area contributed by atoms with Crippen LogP contribution in [0.5, 0.6) is 0 Å². The third-order valence-corrected chi connectivity index (χ3v) is 7.26. The maximum Gasteiger partial charge on any atom is 0.326 e. The molecule has 0 saturated carbocycles. The first kappa shape index (κ1) is 25.7. The molecule has 1 unspecified atom stereocenters. The van der Waals surface area contributed by atoms with Gasteiger partial charge in [0.25, 0.3) is 5.91 Å². The molecule has 11 heteroatoms. The van der Waals surface area contributed by atoms with E-state index in [1.165, 1.54) is 25.4 Å². The van der Waals surface area contributed by atoms with Crippen molar-refractivity contribution in [2.45, 2.75) is 32.2 Å². The minimum absolute atomic E-state index is 0.0353. The van der Waals surface area contributed by atoms with Gasteiger partial charge in [-0.1, -0.05) is 35.3 Å². The van der Waals surface area contributed by atoms with Crippen molar-refractivity contribution in [1.29, 1.82) is 0 Å². The van der Waals surface area contributed by atoms with Gasteiger partial charge in [0.05, 0.1) is 21.0 Å². The second kappa shape index (κ2) is 10.3. The Morgan fingerprint density at radius 2 is 1.72 bits per heavy atom. The number of hydrogen-bond donors (Lipinski definition) is 3. The van der Waals surface area contributed by atoms with E-state index in [1.807, 2.05) is 0 Å². The summed E-state index contributed by atoms with van der Waals surface area (Å²) >= 11 is 12.1. The van der Waals surface area contributed by atoms with Crippen LogP contribution in [-0.2, 0) is 20.8 Å². The number of likely N-dealkylation sites (tertiary alicyclic amines) is 1. The Morgan fingerprint density at radius 3 is 2.25 bits per heavy atom. The van der Waals surface area contributed by atoms with Crippen LogP contribution >= 0.6 is 23.2 Å². The number of hydrogen-bond acceptors (Lipinski definition) is 6. The van der Waals surface area contributed by atoms with Crippen LogP contribution in [-0.4, -0.2) is 57.7 Å². The SMILES string of the molecule is CC(=O)N1CCC2(CC1)C(=O)C=C2NC(Cc1ccc(NC(=O)c2c(Cl)cncc2Cl)cc1)C(=O)O. The smallest absolute Gasteiger partial charge is 0.326 e. The van der Waals surface area contributed by atoms with Crippen molar-refractivity contribution in [2.75, 3.05) is 18.4 Å². The molecule has 2 heterocycles. The minimum Gasteiger partial charge on any atom is -0.480 e. The lowest BCUT2D eigenvalue weighted by molar-refractivity contribution is -0.140. The summed E-state index contributed by atoms with van der Waals surface area (Å²) in [6, 6.07) is 5.77. The van der Waals surface area contributed by atoms with Gasteiger partial charge in [-0.2, -0.15) is 0 Å². The Morgan fingerprint density at radius 1 is 1.11 bits per heavy atom. The fourth-order valence-corrected chi connectivity index (χ4v) is 5.07. The number of nitrogens with zero attached hydrogens (tertiary/aromatic N) is 2. The summed E-state index contributed by atoms with van der Waals surface area (Å²) in [5, 5.41) is 15.8. The summed E-state index contributed by atoms with van der Waals surface area (Å²) in [6.07, 6.45) is 5.20. The molecule has 1 spiro atoms. The zero-order valence-corrected chi connectivity index (χ0v) is 20.9. The number of amides is 2. The van der Waals surface area contributed by atoms with Crippen LogP contribution in [0.1, 0.15) is 35.7 Å². The van der Waals surface area contributed by atoms with Crippen molar-refractivity contribution in [3.63, 3.8) is 0 Å². The molecule has 188 valence electrons. The lowest BCUT2D eigenvalue weighted by Crippen LogP contribution is -2.55. The number of piperidine rings is 1. The lowest BCUT2D eigenvalue weighted by Gasteiger charge is -2.46. The monoisotopic (exact) mass is 530 g/mol. The van der Waals surface area contributed by atoms with Gasteiger partial charge in [-0.25, -0.2) is 4.79 Å². The van der Waals surface area contributed by atoms with Crippen LogP contribution in [0.25, 0.3) is 0 Å². The van der Waals surface area contributed by atoms with E-state index < -0.39 is 23.3 Å². The van der Waals surface area contributed by atoms with Gasteiger partial charge in [-0.15, -0.1) is 0 Å². The van der Waals surface area contributed by atoms with Gasteiger partial charge in [-0.3, -0.25) is 19.4 Å². The molecule has 0 bridgehead atoms. The number of aromatic nitrogens is 1. The highest BCUT2D eigenvalue weighted by Crippen LogP contribution is 2.45. The van der Waals surface area contributed by atoms with Crippen molar-refractivity contribution in [2.24, 2.45) is 5.41 Å². The standard InChI is InChI=1S/C25H24Cl2N4O5/c1-14(32)31-8-6-25(7-9-31)20(11-21(25)33)30-19(24(35)36)10-15-2-4-16(5-3-15)29-23(34)22-17(26)12-28-13-18(22)27/h2-5,11-13,19,30H,6-10H2,1H3,(H,29,34)(H,35,36). The van der Waals surface area contributed by atoms with Gasteiger partial charge in [0.2, 0.25) is 5.91 Å². The van der Waals surface area contributed by atoms with Crippen molar-refractivity contribution in [1.82, 2.24) is 15.2 Å². The number of allylic oxidation sites excluding steroid dienone is 2. The maximum atomic E-state index is 12.5. The van der Waals surface area contributed by atoms with E-state index in [0.717, 1.165) is 5.56 Å². The maximum absolute atomic E-state index is 12.5. The third-order valence-electron chi connectivity index (χ3n) is 6.68. The lowest BCUT2D eigenvalue weighted by atomic mass is 9.65. The molecule has 1 saturated heterocycles. The van der Waals surface area contributed by atoms with E-state index in [0.29, 0.717) is 37.3 Å². The Hall–Kier alpha value is -3.43. The van der Waals surface area contributed by atoms with E-state index in [1.54, 1.807) is 29.2 Å². The molecule has 1 aromatic heterocycles. The number of anilines is 1. The number of aliphatic carboxylic acids is 1. The molecule has 1 fully saturated rings. The number of rotatable bonds is 7. The van der Waals surface area contributed by atoms with Gasteiger partial charge < -0.3 is 20.6 Å². The highest BCUT2D eigenvalue weighted by atomic mass is 35.5. The number of ketones is 1. The average Bonchev–Trinajstić information content (AvgIpc) is 2.84. The average molecular weight is 531 g/mol. The predicted octanol–water partition coefficient (Wildman–Crippen LogP) is 3.32. The number of benzene rings is 1. The Kier molecular flexibility index (Phi) is 7.33. The molecule has 2 aliphatic rings. The fourth-order valence-electron chi connectivity index (χ4n) is 4.53. The first-order valence-electron chi connectivity index (χ1n) is 11.3. The molecular weight excluding hydrogens is 507 g/mol. The van der Waals surface area contributed by atoms with Crippen molar-refractivity contribution >= 4 is 52.5 Å². The van der Waals surface area contributed by atoms with E-state index in [4.69, 9.17) is 23.2 Å². The molecular formula is C25H24Cl2N4O5. The quantitative estimate of drug-likeness (QED) is 0.500. The molecule has 1 aliphatic heterocycles. The topological polar surface area (TPSA) is 129 Å². The molecule has 2 amide bonds. The van der Waals surface area contributed by atoms with Gasteiger partial charge in [0, 0.05) is 56.3 Å². The number of halogens is 2. The summed E-state index contributed by atoms with van der Waals surface area (Å²) in [5.74, 6) is -1.61. The van der Waals surface area contributed by atoms with Crippen molar-refractivity contribution in [3.8, 4) is 0 Å². The van der Waals surface area contributed by atoms with Gasteiger partial charge in [0.15, 0.2) is 5.78 Å². The van der Waals surface area contributed by atoms with Gasteiger partial charge >= 0.3 is 5.97 Å². The minimum atomic E-state index is -1.05. The van der Waals surface area contributed by atoms with E-state index in [9.17, 15) is 24.3 Å². The van der Waals surface area contributed by atoms with E-state index in [-0.39, 0.29) is 33.7 Å². The van der Waals surface area contributed by atoms with Gasteiger partial charge in [0.1, 0.15) is 6.04 Å². The van der Waals surface area contributed by atoms with Crippen LogP contribution in [0.4, 0.5) is 5.69 Å². The van der Waals surface area contributed by atoms with Crippen LogP contribution in [0, 0.1) is 5.41 Å². The summed E-state index contributed by atoms with van der Waals surface area (Å²) in [5.41, 5.74) is 1.18. The number of carboxylic acid groups (broad SMARTS) is 1. The molecule has 0 radical (unpaired) electrons. The molecule has 1 aliphatic carbocycles. The molecule has 36 heavy (non-hydrogen) atoms. The van der Waals surface area contributed by atoms with Crippen LogP contribution in [0.15, 0.2) is 48.4 Å². The van der Waals surface area contributed by atoms with E-state index >= 15 is 0 Å². The van der Waals surface area contributed by atoms with Crippen LogP contribution in [0.3, 0.4) is 0 Å². The Bertz CT molecular complexity index is 1230. The molecule has 3 N–H and O–H groups in total. The van der Waals surface area contributed by atoms with Crippen LogP contribution < -0.4 is 10.6 Å². The second-order valence-corrected chi connectivity index (χ2v) is 9.69. The first-order valence-corrected chi connectivity index (χ1v) is 12.1. The number of carbonyl (C=O) groups is 4. The number of carboxylic acids is 1. The molecule has 2 aromatic rings. The third kappa shape index (κ3) is 5.08. The number of carbonyl (C=O) groups excluding carboxylic acids is 3. The summed E-state index contributed by atoms with van der Waals surface area (Å²) in [7, 11) is 0. The molecule has 4 rings (SSSR count). The van der Waals surface area contributed by atoms with E-state index in [2.05, 4.69) is 15.6 Å². The van der Waals surface area contributed by atoms with Gasteiger partial charge in [-0.05, 0) is 30.5 Å². The predicted molar refractivity (Wildman–Crippen MR) is 134 cm³/mol. The Labute approximate surface area is 217 Å². The summed E-state index contributed by atoms with van der Waals surface area (Å²) < 4.78 is 0. The number of pyridine rings is 1. The van der Waals surface area contributed by atoms with Crippen LogP contribution in [0.2, 0.25) is 10.0 Å². The first-order chi connectivity index (χ1) is 17.1. The second-order valence-electron chi connectivity index (χ2n) is 8.88. The van der Waals surface area contributed by atoms with Crippen molar-refractivity contribution < 1.29 is 24.3 Å². The highest BCUT2D eigenvalue weighted by Gasteiger charge is 2.50. The van der Waals surface area contributed by atoms with Crippen molar-refractivity contribution in [3.05, 3.63) is 69.6 Å². The summed E-state index contributed by atoms with van der Waals surface area (Å²) in [6.45, 7) is 2.41. The normalized spacial score (nSPS) is 17.1. The Balaban J connectivity index is 1.40. The summed E-state index contributed by atoms with van der Waals surface area (Å²) in [4.78, 5) is 54.1. The molecule has 1 atom stereocenters. The largest absolute Gasteiger partial charge is 0.480 e. The molecule has 1 aromatic carbocycles.